The van der Waals surface area contributed by atoms with Gasteiger partial charge in [-0.05, 0) is 24.3 Å². The molecular weight excluding hydrogens is 260 g/mol. The topological polar surface area (TPSA) is 52.6 Å². The highest BCUT2D eigenvalue weighted by Crippen LogP contribution is 2.22. The molecule has 1 heterocycles. The van der Waals surface area contributed by atoms with E-state index in [0.29, 0.717) is 0 Å². The van der Waals surface area contributed by atoms with Crippen LogP contribution in [0.3, 0.4) is 0 Å². The summed E-state index contributed by atoms with van der Waals surface area (Å²) < 4.78 is 1.05. The van der Waals surface area contributed by atoms with E-state index >= 15 is 0 Å². The molecule has 0 bridgehead atoms. The quantitative estimate of drug-likeness (QED) is 0.863. The first kappa shape index (κ1) is 10.3. The molecule has 1 aliphatic rings. The van der Waals surface area contributed by atoms with E-state index in [0.717, 1.165) is 23.2 Å². The predicted molar refractivity (Wildman–Crippen MR) is 61.3 cm³/mol. The van der Waals surface area contributed by atoms with Gasteiger partial charge < -0.3 is 15.3 Å². The van der Waals surface area contributed by atoms with Crippen molar-refractivity contribution >= 4 is 27.7 Å². The average Bonchev–Trinajstić information content (AvgIpc) is 2.12. The first-order valence-electron chi connectivity index (χ1n) is 4.65. The van der Waals surface area contributed by atoms with E-state index < -0.39 is 6.09 Å². The summed E-state index contributed by atoms with van der Waals surface area (Å²) in [5.41, 5.74) is 1.13. The fraction of sp³-hybridized carbons (Fsp3) is 0.300. The van der Waals surface area contributed by atoms with Crippen molar-refractivity contribution in [3.05, 3.63) is 28.7 Å². The molecule has 1 amide bonds. The molecule has 0 aromatic heterocycles. The van der Waals surface area contributed by atoms with Crippen LogP contribution in [0.25, 0.3) is 0 Å². The third-order valence-electron chi connectivity index (χ3n) is 2.40. The fourth-order valence-electron chi connectivity index (χ4n) is 1.61. The van der Waals surface area contributed by atoms with Gasteiger partial charge in [0, 0.05) is 23.2 Å². The summed E-state index contributed by atoms with van der Waals surface area (Å²) in [6, 6.07) is 8.05. The van der Waals surface area contributed by atoms with Crippen LogP contribution in [0.4, 0.5) is 10.5 Å². The Morgan fingerprint density at radius 3 is 2.53 bits per heavy atom. The van der Waals surface area contributed by atoms with Gasteiger partial charge in [-0.1, -0.05) is 15.9 Å². The third-order valence-corrected chi connectivity index (χ3v) is 2.93. The Hall–Kier alpha value is -1.23. The van der Waals surface area contributed by atoms with Crippen molar-refractivity contribution < 1.29 is 9.90 Å². The molecule has 1 aromatic carbocycles. The third kappa shape index (κ3) is 2.41. The van der Waals surface area contributed by atoms with Crippen molar-refractivity contribution in [3.63, 3.8) is 0 Å². The van der Waals surface area contributed by atoms with E-state index in [-0.39, 0.29) is 6.04 Å². The van der Waals surface area contributed by atoms with E-state index in [1.165, 1.54) is 0 Å². The normalized spacial score (nSPS) is 15.9. The van der Waals surface area contributed by atoms with Gasteiger partial charge in [-0.2, -0.15) is 0 Å². The van der Waals surface area contributed by atoms with Gasteiger partial charge in [0.25, 0.3) is 0 Å². The molecule has 1 fully saturated rings. The second-order valence-corrected chi connectivity index (χ2v) is 4.44. The highest BCUT2D eigenvalue weighted by Gasteiger charge is 2.27. The Morgan fingerprint density at radius 2 is 2.00 bits per heavy atom. The largest absolute Gasteiger partial charge is 0.465 e. The average molecular weight is 271 g/mol. The molecule has 0 radical (unpaired) electrons. The van der Waals surface area contributed by atoms with Crippen LogP contribution in [-0.2, 0) is 0 Å². The van der Waals surface area contributed by atoms with Crippen LogP contribution in [0.2, 0.25) is 0 Å². The lowest BCUT2D eigenvalue weighted by molar-refractivity contribution is 0.187. The minimum Gasteiger partial charge on any atom is -0.465 e. The number of nitrogens with one attached hydrogen (secondary N) is 1. The van der Waals surface area contributed by atoms with E-state index in [9.17, 15) is 4.79 Å². The molecule has 0 aliphatic carbocycles. The Morgan fingerprint density at radius 1 is 1.40 bits per heavy atom. The number of benzene rings is 1. The van der Waals surface area contributed by atoms with Gasteiger partial charge in [-0.25, -0.2) is 4.79 Å². The van der Waals surface area contributed by atoms with Crippen molar-refractivity contribution in [2.24, 2.45) is 0 Å². The van der Waals surface area contributed by atoms with E-state index in [1.807, 2.05) is 24.3 Å². The second-order valence-electron chi connectivity index (χ2n) is 3.53. The van der Waals surface area contributed by atoms with Crippen LogP contribution in [-0.4, -0.2) is 30.3 Å². The number of rotatable bonds is 2. The number of hydrogen-bond donors (Lipinski definition) is 2. The molecule has 4 nitrogen and oxygen atoms in total. The van der Waals surface area contributed by atoms with Crippen molar-refractivity contribution in [2.45, 2.75) is 6.04 Å². The maximum atomic E-state index is 10.4. The number of carboxylic acid groups (broad SMARTS) is 1. The van der Waals surface area contributed by atoms with Gasteiger partial charge in [-0.3, -0.25) is 0 Å². The van der Waals surface area contributed by atoms with Crippen molar-refractivity contribution in [1.29, 1.82) is 0 Å². The molecule has 0 unspecified atom stereocenters. The molecule has 2 rings (SSSR count). The van der Waals surface area contributed by atoms with Gasteiger partial charge in [-0.15, -0.1) is 0 Å². The molecule has 2 N–H and O–H groups in total. The van der Waals surface area contributed by atoms with Crippen LogP contribution < -0.4 is 10.2 Å². The summed E-state index contributed by atoms with van der Waals surface area (Å²) in [6.07, 6.45) is -0.949. The summed E-state index contributed by atoms with van der Waals surface area (Å²) in [6.45, 7) is 1.49. The number of halogens is 1. The summed E-state index contributed by atoms with van der Waals surface area (Å²) in [5.74, 6) is 0. The maximum absolute atomic E-state index is 10.4. The van der Waals surface area contributed by atoms with Crippen molar-refractivity contribution in [3.8, 4) is 0 Å². The SMILES string of the molecule is O=C(O)NC1CN(c2ccc(Br)cc2)C1. The zero-order valence-electron chi connectivity index (χ0n) is 7.98. The number of amides is 1. The highest BCUT2D eigenvalue weighted by atomic mass is 79.9. The minimum atomic E-state index is -0.949. The van der Waals surface area contributed by atoms with E-state index in [1.54, 1.807) is 0 Å². The fourth-order valence-corrected chi connectivity index (χ4v) is 1.87. The lowest BCUT2D eigenvalue weighted by atomic mass is 10.1. The summed E-state index contributed by atoms with van der Waals surface area (Å²) >= 11 is 3.37. The van der Waals surface area contributed by atoms with Crippen LogP contribution in [0.5, 0.6) is 0 Å². The monoisotopic (exact) mass is 270 g/mol. The zero-order chi connectivity index (χ0) is 10.8. The number of hydrogen-bond acceptors (Lipinski definition) is 2. The number of carbonyl (C=O) groups is 1. The molecule has 0 saturated carbocycles. The van der Waals surface area contributed by atoms with Crippen LogP contribution >= 0.6 is 15.9 Å². The van der Waals surface area contributed by atoms with Gasteiger partial charge >= 0.3 is 6.09 Å². The van der Waals surface area contributed by atoms with Crippen molar-refractivity contribution in [1.82, 2.24) is 5.32 Å². The first-order chi connectivity index (χ1) is 7.15. The standard InChI is InChI=1S/C10H11BrN2O2/c11-7-1-3-9(4-2-7)13-5-8(6-13)12-10(14)15/h1-4,8,12H,5-6H2,(H,14,15). The van der Waals surface area contributed by atoms with Crippen LogP contribution in [0.1, 0.15) is 0 Å². The molecule has 0 atom stereocenters. The molecule has 1 saturated heterocycles. The molecule has 15 heavy (non-hydrogen) atoms. The zero-order valence-corrected chi connectivity index (χ0v) is 9.57. The summed E-state index contributed by atoms with van der Waals surface area (Å²) in [7, 11) is 0. The van der Waals surface area contributed by atoms with Crippen molar-refractivity contribution in [2.75, 3.05) is 18.0 Å². The lowest BCUT2D eigenvalue weighted by Crippen LogP contribution is -2.59. The van der Waals surface area contributed by atoms with Gasteiger partial charge in [0.15, 0.2) is 0 Å². The molecular formula is C10H11BrN2O2. The molecule has 1 aromatic rings. The first-order valence-corrected chi connectivity index (χ1v) is 5.44. The highest BCUT2D eigenvalue weighted by molar-refractivity contribution is 9.10. The Labute approximate surface area is 96.0 Å². The molecule has 5 heteroatoms. The molecule has 80 valence electrons. The van der Waals surface area contributed by atoms with E-state index in [4.69, 9.17) is 5.11 Å². The molecule has 1 aliphatic heterocycles. The Kier molecular flexibility index (Phi) is 2.81. The van der Waals surface area contributed by atoms with Crippen LogP contribution in [0, 0.1) is 0 Å². The summed E-state index contributed by atoms with van der Waals surface area (Å²) in [5, 5.41) is 11.0. The Bertz CT molecular complexity index is 360. The Balaban J connectivity index is 1.89. The van der Waals surface area contributed by atoms with E-state index in [2.05, 4.69) is 26.1 Å². The number of nitrogens with zero attached hydrogens (tertiary/aromatic N) is 1. The predicted octanol–water partition coefficient (Wildman–Crippen LogP) is 1.91. The number of anilines is 1. The lowest BCUT2D eigenvalue weighted by Gasteiger charge is -2.40. The summed E-state index contributed by atoms with van der Waals surface area (Å²) in [4.78, 5) is 12.5. The van der Waals surface area contributed by atoms with Gasteiger partial charge in [0.05, 0.1) is 6.04 Å². The van der Waals surface area contributed by atoms with Crippen LogP contribution in [0.15, 0.2) is 28.7 Å². The second kappa shape index (κ2) is 4.10. The molecule has 0 spiro atoms. The smallest absolute Gasteiger partial charge is 0.405 e. The van der Waals surface area contributed by atoms with Gasteiger partial charge in [0.1, 0.15) is 0 Å². The maximum Gasteiger partial charge on any atom is 0.405 e. The minimum absolute atomic E-state index is 0.0612. The van der Waals surface area contributed by atoms with Gasteiger partial charge in [0.2, 0.25) is 0 Å².